The van der Waals surface area contributed by atoms with Crippen LogP contribution in [0.1, 0.15) is 26.2 Å². The van der Waals surface area contributed by atoms with E-state index in [-0.39, 0.29) is 28.7 Å². The van der Waals surface area contributed by atoms with Crippen molar-refractivity contribution in [3.63, 3.8) is 0 Å². The van der Waals surface area contributed by atoms with Crippen LogP contribution in [0.4, 0.5) is 74.6 Å². The van der Waals surface area contributed by atoms with Crippen LogP contribution < -0.4 is 0 Å². The van der Waals surface area contributed by atoms with Crippen molar-refractivity contribution in [2.75, 3.05) is 18.1 Å². The van der Waals surface area contributed by atoms with E-state index in [1.807, 2.05) is 0 Å². The van der Waals surface area contributed by atoms with E-state index in [0.717, 1.165) is 6.07 Å². The zero-order valence-corrected chi connectivity index (χ0v) is 25.9. The molecule has 1 fully saturated rings. The minimum atomic E-state index is -8.92. The third kappa shape index (κ3) is 6.20. The van der Waals surface area contributed by atoms with Crippen LogP contribution in [0.2, 0.25) is 0 Å². The Kier molecular flexibility index (Phi) is 10.7. The van der Waals surface area contributed by atoms with Crippen LogP contribution in [0.15, 0.2) is 47.4 Å². The number of hydrogen-bond donors (Lipinski definition) is 0. The molecular weight excluding hydrogens is 763 g/mol. The quantitative estimate of drug-likeness (QED) is 0.141. The molecule has 0 saturated carbocycles. The van der Waals surface area contributed by atoms with Gasteiger partial charge in [-0.1, -0.05) is 60.1 Å². The molecular formula is C26H23F17O4S2. The van der Waals surface area contributed by atoms with E-state index in [0.29, 0.717) is 12.8 Å². The van der Waals surface area contributed by atoms with Gasteiger partial charge in [0.25, 0.3) is 0 Å². The standard InChI is InChI=1S/C26H23F17O4S2/c1-2-3-12-46-16-11-13-48(14-16,18-10-6-8-15-7-4-5-9-17(15)18)47-49(44,45)26(42,43)24(37,38)22(33,34)20(29,30)19(27,28)21(31,32)23(35,36)25(39,40)41/h4-10,16H,2-3,11-14H2,1H3. The lowest BCUT2D eigenvalue weighted by Gasteiger charge is -2.43. The summed E-state index contributed by atoms with van der Waals surface area (Å²) in [5.74, 6) is -53.5. The molecule has 0 N–H and O–H groups in total. The molecule has 0 aliphatic carbocycles. The number of benzene rings is 2. The van der Waals surface area contributed by atoms with Crippen molar-refractivity contribution in [1.29, 1.82) is 0 Å². The summed E-state index contributed by atoms with van der Waals surface area (Å²) >= 11 is 0. The predicted molar refractivity (Wildman–Crippen MR) is 139 cm³/mol. The van der Waals surface area contributed by atoms with Crippen molar-refractivity contribution in [3.05, 3.63) is 42.5 Å². The van der Waals surface area contributed by atoms with Crippen molar-refractivity contribution in [1.82, 2.24) is 0 Å². The molecule has 1 saturated heterocycles. The van der Waals surface area contributed by atoms with Gasteiger partial charge in [0.05, 0.1) is 6.10 Å². The first-order valence-corrected chi connectivity index (χ1v) is 16.8. The molecule has 2 aromatic carbocycles. The van der Waals surface area contributed by atoms with E-state index < -0.39 is 85.0 Å². The van der Waals surface area contributed by atoms with E-state index in [1.54, 1.807) is 6.92 Å². The Hall–Kier alpha value is -2.27. The van der Waals surface area contributed by atoms with Gasteiger partial charge in [-0.3, -0.25) is 0 Å². The average Bonchev–Trinajstić information content (AvgIpc) is 3.38. The lowest BCUT2D eigenvalue weighted by molar-refractivity contribution is -0.458. The number of rotatable bonds is 14. The van der Waals surface area contributed by atoms with Crippen LogP contribution >= 0.6 is 10.3 Å². The normalized spacial score (nSPS) is 22.4. The highest BCUT2D eigenvalue weighted by molar-refractivity contribution is 8.33. The second-order valence-corrected chi connectivity index (χ2v) is 15.5. The molecule has 1 aliphatic heterocycles. The summed E-state index contributed by atoms with van der Waals surface area (Å²) in [6, 6.07) is 9.10. The third-order valence-electron chi connectivity index (χ3n) is 7.45. The third-order valence-corrected chi connectivity index (χ3v) is 13.1. The van der Waals surface area contributed by atoms with Crippen LogP contribution in [0, 0.1) is 0 Å². The molecule has 1 heterocycles. The fourth-order valence-corrected chi connectivity index (χ4v) is 10.6. The number of halogens is 17. The van der Waals surface area contributed by atoms with E-state index in [4.69, 9.17) is 4.74 Å². The first kappa shape index (κ1) is 41.2. The van der Waals surface area contributed by atoms with Gasteiger partial charge in [0.15, 0.2) is 0 Å². The minimum Gasteiger partial charge on any atom is -0.377 e. The Labute approximate surface area is 267 Å². The molecule has 2 unspecified atom stereocenters. The molecule has 0 aromatic heterocycles. The minimum absolute atomic E-state index is 0.0132. The highest BCUT2D eigenvalue weighted by atomic mass is 32.3. The maximum absolute atomic E-state index is 15.1. The molecule has 0 radical (unpaired) electrons. The average molecular weight is 787 g/mol. The van der Waals surface area contributed by atoms with Gasteiger partial charge in [0.1, 0.15) is 0 Å². The second kappa shape index (κ2) is 12.7. The summed E-state index contributed by atoms with van der Waals surface area (Å²) in [4.78, 5) is -0.299. The molecule has 0 bridgehead atoms. The molecule has 0 spiro atoms. The molecule has 4 nitrogen and oxygen atoms in total. The van der Waals surface area contributed by atoms with Crippen molar-refractivity contribution >= 4 is 31.2 Å². The highest BCUT2D eigenvalue weighted by Gasteiger charge is 2.96. The van der Waals surface area contributed by atoms with Crippen molar-refractivity contribution in [2.45, 2.75) is 84.2 Å². The van der Waals surface area contributed by atoms with Gasteiger partial charge in [-0.2, -0.15) is 83.1 Å². The second-order valence-electron chi connectivity index (χ2n) is 10.8. The molecule has 49 heavy (non-hydrogen) atoms. The predicted octanol–water partition coefficient (Wildman–Crippen LogP) is 9.82. The van der Waals surface area contributed by atoms with Crippen LogP contribution in [0.3, 0.4) is 0 Å². The van der Waals surface area contributed by atoms with Gasteiger partial charge < -0.3 is 4.74 Å². The summed E-state index contributed by atoms with van der Waals surface area (Å²) in [7, 11) is -11.7. The molecule has 23 heteroatoms. The molecule has 282 valence electrons. The molecule has 0 amide bonds. The van der Waals surface area contributed by atoms with Gasteiger partial charge in [0.2, 0.25) is 0 Å². The maximum atomic E-state index is 15.1. The number of fused-ring (bicyclic) bond motifs is 1. The zero-order valence-electron chi connectivity index (χ0n) is 24.2. The summed E-state index contributed by atoms with van der Waals surface area (Å²) in [6.45, 7) is 1.71. The van der Waals surface area contributed by atoms with Crippen molar-refractivity contribution in [3.8, 4) is 0 Å². The van der Waals surface area contributed by atoms with Gasteiger partial charge in [-0.05, 0) is 29.7 Å². The van der Waals surface area contributed by atoms with Crippen LogP contribution in [0.25, 0.3) is 10.8 Å². The number of unbranched alkanes of at least 4 members (excludes halogenated alkanes) is 1. The first-order valence-electron chi connectivity index (χ1n) is 13.5. The van der Waals surface area contributed by atoms with Crippen molar-refractivity contribution in [2.24, 2.45) is 0 Å². The van der Waals surface area contributed by atoms with Crippen LogP contribution in [-0.4, -0.2) is 79.6 Å². The highest BCUT2D eigenvalue weighted by Crippen LogP contribution is 2.68. The van der Waals surface area contributed by atoms with E-state index in [9.17, 15) is 74.3 Å². The molecule has 1 aliphatic rings. The van der Waals surface area contributed by atoms with E-state index in [1.165, 1.54) is 36.4 Å². The lowest BCUT2D eigenvalue weighted by atomic mass is 9.91. The monoisotopic (exact) mass is 786 g/mol. The lowest BCUT2D eigenvalue weighted by Crippen LogP contribution is -2.75. The van der Waals surface area contributed by atoms with Crippen molar-refractivity contribution < 1.29 is 91.4 Å². The van der Waals surface area contributed by atoms with Gasteiger partial charge in [0, 0.05) is 23.0 Å². The Bertz CT molecular complexity index is 1610. The Morgan fingerprint density at radius 2 is 1.18 bits per heavy atom. The molecule has 2 atom stereocenters. The Morgan fingerprint density at radius 1 is 0.694 bits per heavy atom. The topological polar surface area (TPSA) is 52.6 Å². The van der Waals surface area contributed by atoms with Gasteiger partial charge >= 0.3 is 57.1 Å². The molecule has 3 rings (SSSR count). The van der Waals surface area contributed by atoms with E-state index >= 15 is 8.78 Å². The number of alkyl halides is 17. The van der Waals surface area contributed by atoms with Gasteiger partial charge in [-0.25, -0.2) is 3.63 Å². The Morgan fingerprint density at radius 3 is 1.71 bits per heavy atom. The summed E-state index contributed by atoms with van der Waals surface area (Å²) in [5, 5.41) is -7.48. The van der Waals surface area contributed by atoms with Gasteiger partial charge in [-0.15, -0.1) is 0 Å². The van der Waals surface area contributed by atoms with Crippen LogP contribution in [0.5, 0.6) is 0 Å². The summed E-state index contributed by atoms with van der Waals surface area (Å²) in [6.07, 6.45) is -8.27. The van der Waals surface area contributed by atoms with E-state index in [2.05, 4.69) is 3.63 Å². The number of hydrogen-bond acceptors (Lipinski definition) is 4. The molecule has 2 aromatic rings. The fraction of sp³-hybridized carbons (Fsp3) is 0.615. The SMILES string of the molecule is CCCCOC1CCS(OS(=O)(=O)C(F)(F)C(F)(F)C(F)(F)C(F)(F)C(F)(F)C(F)(F)C(F)(F)C(F)(F)F)(c2cccc3ccccc23)C1. The smallest absolute Gasteiger partial charge is 0.377 e. The maximum Gasteiger partial charge on any atom is 0.460 e. The summed E-state index contributed by atoms with van der Waals surface area (Å²) < 4.78 is 271. The Balaban J connectivity index is 2.15. The number of ether oxygens (including phenoxy) is 1. The first-order chi connectivity index (χ1) is 21.9. The zero-order chi connectivity index (χ0) is 37.9. The largest absolute Gasteiger partial charge is 0.460 e. The fourth-order valence-electron chi connectivity index (χ4n) is 4.65. The summed E-state index contributed by atoms with van der Waals surface area (Å²) in [5.41, 5.74) is 0. The van der Waals surface area contributed by atoms with Crippen LogP contribution in [-0.2, 0) is 18.5 Å².